The first-order valence-corrected chi connectivity index (χ1v) is 6.71. The summed E-state index contributed by atoms with van der Waals surface area (Å²) in [6, 6.07) is 13.0. The molecule has 2 aromatic rings. The highest BCUT2D eigenvalue weighted by Crippen LogP contribution is 2.27. The van der Waals surface area contributed by atoms with Gasteiger partial charge in [-0.1, -0.05) is 41.9 Å². The number of nitro groups is 1. The van der Waals surface area contributed by atoms with Gasteiger partial charge in [0.1, 0.15) is 23.0 Å². The number of carbonyl (C=O) groups is 1. The maximum atomic E-state index is 12.4. The van der Waals surface area contributed by atoms with Crippen LogP contribution in [0.25, 0.3) is 5.76 Å². The fraction of sp³-hybridized carbons (Fsp3) is 0. The van der Waals surface area contributed by atoms with Crippen molar-refractivity contribution in [2.24, 2.45) is 0 Å². The molecule has 0 amide bonds. The van der Waals surface area contributed by atoms with Crippen LogP contribution in [-0.4, -0.2) is 15.8 Å². The van der Waals surface area contributed by atoms with Gasteiger partial charge in [-0.3, -0.25) is 14.9 Å². The molecule has 0 saturated carbocycles. The number of nitriles is 1. The Balaban J connectivity index is 2.59. The van der Waals surface area contributed by atoms with E-state index in [4.69, 9.17) is 11.6 Å². The molecule has 0 radical (unpaired) electrons. The lowest BCUT2D eigenvalue weighted by atomic mass is 9.99. The van der Waals surface area contributed by atoms with E-state index in [2.05, 4.69) is 0 Å². The highest BCUT2D eigenvalue weighted by atomic mass is 35.5. The molecule has 0 aliphatic rings. The Kier molecular flexibility index (Phi) is 4.74. The number of allylic oxidation sites excluding steroid dienone is 1. The van der Waals surface area contributed by atoms with Crippen LogP contribution in [0.3, 0.4) is 0 Å². The molecule has 0 spiro atoms. The number of carbonyl (C=O) groups excluding carboxylic acids is 1. The Labute approximate surface area is 136 Å². The molecule has 0 bridgehead atoms. The number of hydrogen-bond acceptors (Lipinski definition) is 5. The van der Waals surface area contributed by atoms with Crippen molar-refractivity contribution in [2.45, 2.75) is 0 Å². The highest BCUT2D eigenvalue weighted by molar-refractivity contribution is 6.31. The third-order valence-electron chi connectivity index (χ3n) is 3.02. The number of nitro benzene ring substituents is 1. The van der Waals surface area contributed by atoms with Gasteiger partial charge in [-0.15, -0.1) is 0 Å². The summed E-state index contributed by atoms with van der Waals surface area (Å²) < 4.78 is 0. The van der Waals surface area contributed by atoms with Gasteiger partial charge in [-0.2, -0.15) is 5.26 Å². The highest BCUT2D eigenvalue weighted by Gasteiger charge is 2.26. The van der Waals surface area contributed by atoms with Gasteiger partial charge in [0.05, 0.1) is 4.92 Å². The van der Waals surface area contributed by atoms with Gasteiger partial charge in [-0.05, 0) is 12.1 Å². The lowest BCUT2D eigenvalue weighted by Crippen LogP contribution is -2.08. The minimum Gasteiger partial charge on any atom is -0.506 e. The van der Waals surface area contributed by atoms with Gasteiger partial charge in [0.25, 0.3) is 5.69 Å². The first-order chi connectivity index (χ1) is 11.0. The molecule has 0 heterocycles. The molecule has 114 valence electrons. The van der Waals surface area contributed by atoms with E-state index >= 15 is 0 Å². The molecule has 1 N–H and O–H groups in total. The Morgan fingerprint density at radius 3 is 2.43 bits per heavy atom. The van der Waals surface area contributed by atoms with Crippen LogP contribution in [0.1, 0.15) is 15.9 Å². The van der Waals surface area contributed by atoms with Crippen LogP contribution >= 0.6 is 11.6 Å². The van der Waals surface area contributed by atoms with E-state index in [-0.39, 0.29) is 16.1 Å². The first-order valence-electron chi connectivity index (χ1n) is 6.33. The number of hydrogen-bond donors (Lipinski definition) is 1. The Morgan fingerprint density at radius 2 is 1.87 bits per heavy atom. The van der Waals surface area contributed by atoms with Crippen LogP contribution in [0.2, 0.25) is 5.02 Å². The Hall–Kier alpha value is -3.17. The zero-order valence-corrected chi connectivity index (χ0v) is 12.3. The zero-order chi connectivity index (χ0) is 17.0. The second-order valence-corrected chi connectivity index (χ2v) is 4.89. The molecule has 0 aliphatic carbocycles. The summed E-state index contributed by atoms with van der Waals surface area (Å²) in [6.07, 6.45) is 0. The number of ketones is 1. The third kappa shape index (κ3) is 3.36. The zero-order valence-electron chi connectivity index (χ0n) is 11.6. The van der Waals surface area contributed by atoms with Gasteiger partial charge in [-0.25, -0.2) is 0 Å². The van der Waals surface area contributed by atoms with Crippen LogP contribution in [0.4, 0.5) is 5.69 Å². The van der Waals surface area contributed by atoms with Crippen molar-refractivity contribution in [1.82, 2.24) is 0 Å². The van der Waals surface area contributed by atoms with Crippen molar-refractivity contribution in [3.63, 3.8) is 0 Å². The largest absolute Gasteiger partial charge is 0.506 e. The lowest BCUT2D eigenvalue weighted by molar-refractivity contribution is -0.385. The summed E-state index contributed by atoms with van der Waals surface area (Å²) in [6.45, 7) is 0. The molecule has 6 nitrogen and oxygen atoms in total. The fourth-order valence-electron chi connectivity index (χ4n) is 1.93. The van der Waals surface area contributed by atoms with Crippen LogP contribution in [0.5, 0.6) is 0 Å². The number of nitrogens with zero attached hydrogens (tertiary/aromatic N) is 2. The van der Waals surface area contributed by atoms with Crippen LogP contribution in [-0.2, 0) is 0 Å². The third-order valence-corrected chi connectivity index (χ3v) is 3.26. The molecule has 2 rings (SSSR count). The Morgan fingerprint density at radius 1 is 1.22 bits per heavy atom. The standard InChI is InChI=1S/C16H9ClN2O4/c17-11-6-7-12(14(8-11)19(22)23)16(21)13(9-18)15(20)10-4-2-1-3-5-10/h1-8,20H. The maximum Gasteiger partial charge on any atom is 0.282 e. The number of aliphatic hydroxyl groups is 1. The molecule has 7 heteroatoms. The average Bonchev–Trinajstić information content (AvgIpc) is 2.55. The molecule has 0 saturated heterocycles. The second-order valence-electron chi connectivity index (χ2n) is 4.45. The van der Waals surface area contributed by atoms with Crippen molar-refractivity contribution in [3.8, 4) is 6.07 Å². The molecule has 0 unspecified atom stereocenters. The van der Waals surface area contributed by atoms with Crippen molar-refractivity contribution in [1.29, 1.82) is 5.26 Å². The van der Waals surface area contributed by atoms with E-state index in [1.165, 1.54) is 18.2 Å². The summed E-state index contributed by atoms with van der Waals surface area (Å²) in [4.78, 5) is 22.7. The van der Waals surface area contributed by atoms with E-state index in [9.17, 15) is 25.3 Å². The monoisotopic (exact) mass is 328 g/mol. The van der Waals surface area contributed by atoms with Crippen molar-refractivity contribution in [2.75, 3.05) is 0 Å². The molecule has 0 atom stereocenters. The molecule has 0 aliphatic heterocycles. The summed E-state index contributed by atoms with van der Waals surface area (Å²) >= 11 is 5.70. The summed E-state index contributed by atoms with van der Waals surface area (Å²) in [5, 5.41) is 30.5. The molecular formula is C16H9ClN2O4. The van der Waals surface area contributed by atoms with E-state index in [0.717, 1.165) is 12.1 Å². The molecule has 0 aromatic heterocycles. The van der Waals surface area contributed by atoms with E-state index < -0.39 is 27.7 Å². The predicted molar refractivity (Wildman–Crippen MR) is 84.0 cm³/mol. The predicted octanol–water partition coefficient (Wildman–Crippen LogP) is 3.92. The number of Topliss-reactive ketones (excluding diaryl/α,β-unsaturated/α-hetero) is 1. The van der Waals surface area contributed by atoms with Crippen molar-refractivity contribution >= 4 is 28.8 Å². The molecule has 0 fully saturated rings. The summed E-state index contributed by atoms with van der Waals surface area (Å²) in [5.74, 6) is -1.49. The minimum absolute atomic E-state index is 0.0861. The molecule has 23 heavy (non-hydrogen) atoms. The maximum absolute atomic E-state index is 12.4. The first kappa shape index (κ1) is 16.2. The van der Waals surface area contributed by atoms with Gasteiger partial charge < -0.3 is 5.11 Å². The van der Waals surface area contributed by atoms with Crippen LogP contribution < -0.4 is 0 Å². The minimum atomic E-state index is -0.947. The van der Waals surface area contributed by atoms with Gasteiger partial charge in [0.15, 0.2) is 0 Å². The topological polar surface area (TPSA) is 104 Å². The smallest absolute Gasteiger partial charge is 0.282 e. The number of benzene rings is 2. The molecule has 2 aromatic carbocycles. The summed E-state index contributed by atoms with van der Waals surface area (Å²) in [7, 11) is 0. The number of aliphatic hydroxyl groups excluding tert-OH is 1. The fourth-order valence-corrected chi connectivity index (χ4v) is 2.10. The lowest BCUT2D eigenvalue weighted by Gasteiger charge is -2.05. The molecular weight excluding hydrogens is 320 g/mol. The van der Waals surface area contributed by atoms with Gasteiger partial charge in [0.2, 0.25) is 5.78 Å². The van der Waals surface area contributed by atoms with E-state index in [1.54, 1.807) is 24.3 Å². The van der Waals surface area contributed by atoms with E-state index in [0.29, 0.717) is 0 Å². The van der Waals surface area contributed by atoms with Gasteiger partial charge in [0, 0.05) is 16.7 Å². The van der Waals surface area contributed by atoms with Crippen molar-refractivity contribution < 1.29 is 14.8 Å². The number of rotatable bonds is 4. The van der Waals surface area contributed by atoms with Crippen molar-refractivity contribution in [3.05, 3.63) is 80.4 Å². The normalized spacial score (nSPS) is 11.3. The average molecular weight is 329 g/mol. The SMILES string of the molecule is N#CC(C(=O)c1ccc(Cl)cc1[N+](=O)[O-])=C(O)c1ccccc1. The second kappa shape index (κ2) is 6.73. The van der Waals surface area contributed by atoms with Gasteiger partial charge >= 0.3 is 0 Å². The number of halogens is 1. The van der Waals surface area contributed by atoms with Crippen LogP contribution in [0, 0.1) is 21.4 Å². The van der Waals surface area contributed by atoms with Crippen LogP contribution in [0.15, 0.2) is 54.1 Å². The summed E-state index contributed by atoms with van der Waals surface area (Å²) in [5.41, 5.74) is -1.18. The van der Waals surface area contributed by atoms with E-state index in [1.807, 2.05) is 0 Å². The quantitative estimate of drug-likeness (QED) is 0.229. The Bertz CT molecular complexity index is 854.